The van der Waals surface area contributed by atoms with Crippen molar-refractivity contribution in [3.63, 3.8) is 0 Å². The lowest BCUT2D eigenvalue weighted by molar-refractivity contribution is 0.520. The van der Waals surface area contributed by atoms with Crippen molar-refractivity contribution in [1.29, 1.82) is 0 Å². The summed E-state index contributed by atoms with van der Waals surface area (Å²) >= 11 is 0. The third kappa shape index (κ3) is 2.27. The first-order valence-electron chi connectivity index (χ1n) is 4.33. The molecule has 1 rings (SSSR count). The van der Waals surface area contributed by atoms with Crippen LogP contribution in [0.5, 0.6) is 0 Å². The molecular weight excluding hydrogens is 154 g/mol. The Bertz CT molecular complexity index is 219. The maximum atomic E-state index is 5.44. The Kier molecular flexibility index (Phi) is 3.66. The molecule has 0 saturated heterocycles. The fourth-order valence-electron chi connectivity index (χ4n) is 1.05. The van der Waals surface area contributed by atoms with Crippen LogP contribution in [0.15, 0.2) is 0 Å². The maximum Gasteiger partial charge on any atom is 0.164 e. The molecule has 2 N–H and O–H groups in total. The van der Waals surface area contributed by atoms with Crippen LogP contribution in [-0.2, 0) is 13.1 Å². The van der Waals surface area contributed by atoms with Crippen molar-refractivity contribution < 1.29 is 0 Å². The number of aromatic nitrogens is 4. The highest BCUT2D eigenvalue weighted by atomic mass is 15.5. The summed E-state index contributed by atoms with van der Waals surface area (Å²) in [5.41, 5.74) is 5.44. The highest BCUT2D eigenvalue weighted by molar-refractivity contribution is 4.77. The van der Waals surface area contributed by atoms with E-state index < -0.39 is 0 Å². The molecule has 0 amide bonds. The number of nitrogens with two attached hydrogens (primary N) is 1. The lowest BCUT2D eigenvalue weighted by Crippen LogP contribution is -2.09. The molecule has 5 nitrogen and oxygen atoms in total. The van der Waals surface area contributed by atoms with E-state index in [2.05, 4.69) is 22.4 Å². The van der Waals surface area contributed by atoms with E-state index in [0.717, 1.165) is 18.8 Å². The van der Waals surface area contributed by atoms with Gasteiger partial charge in [-0.2, -0.15) is 0 Å². The van der Waals surface area contributed by atoms with Gasteiger partial charge in [0, 0.05) is 6.54 Å². The van der Waals surface area contributed by atoms with Crippen molar-refractivity contribution in [2.45, 2.75) is 39.3 Å². The SMILES string of the molecule is CCCCCn1nnnc1CN. The number of hydrogen-bond acceptors (Lipinski definition) is 4. The van der Waals surface area contributed by atoms with Gasteiger partial charge in [-0.25, -0.2) is 4.68 Å². The number of nitrogens with zero attached hydrogens (tertiary/aromatic N) is 4. The van der Waals surface area contributed by atoms with Crippen LogP contribution in [0, 0.1) is 0 Å². The third-order valence-corrected chi connectivity index (χ3v) is 1.76. The van der Waals surface area contributed by atoms with E-state index in [1.54, 1.807) is 4.68 Å². The summed E-state index contributed by atoms with van der Waals surface area (Å²) in [6.07, 6.45) is 3.54. The van der Waals surface area contributed by atoms with Crippen molar-refractivity contribution in [3.8, 4) is 0 Å². The zero-order valence-corrected chi connectivity index (χ0v) is 7.40. The minimum absolute atomic E-state index is 0.416. The third-order valence-electron chi connectivity index (χ3n) is 1.76. The molecule has 1 aromatic heterocycles. The molecule has 0 unspecified atom stereocenters. The van der Waals surface area contributed by atoms with Gasteiger partial charge in [0.15, 0.2) is 5.82 Å². The number of tetrazole rings is 1. The summed E-state index contributed by atoms with van der Waals surface area (Å²) in [6.45, 7) is 3.47. The van der Waals surface area contributed by atoms with Crippen LogP contribution in [0.4, 0.5) is 0 Å². The van der Waals surface area contributed by atoms with Crippen LogP contribution in [-0.4, -0.2) is 20.2 Å². The summed E-state index contributed by atoms with van der Waals surface area (Å²) < 4.78 is 1.77. The van der Waals surface area contributed by atoms with Gasteiger partial charge in [0.1, 0.15) is 0 Å². The molecule has 0 radical (unpaired) electrons. The van der Waals surface area contributed by atoms with Crippen molar-refractivity contribution >= 4 is 0 Å². The van der Waals surface area contributed by atoms with Crippen molar-refractivity contribution in [2.24, 2.45) is 5.73 Å². The van der Waals surface area contributed by atoms with E-state index in [1.807, 2.05) is 0 Å². The lowest BCUT2D eigenvalue weighted by atomic mass is 10.2. The predicted octanol–water partition coefficient (Wildman–Crippen LogP) is 0.322. The molecule has 1 aromatic rings. The summed E-state index contributed by atoms with van der Waals surface area (Å²) in [5.74, 6) is 0.770. The molecule has 12 heavy (non-hydrogen) atoms. The normalized spacial score (nSPS) is 10.5. The molecule has 0 saturated carbocycles. The Hall–Kier alpha value is -0.970. The second-order valence-corrected chi connectivity index (χ2v) is 2.73. The smallest absolute Gasteiger partial charge is 0.164 e. The minimum Gasteiger partial charge on any atom is -0.324 e. The molecule has 68 valence electrons. The Morgan fingerprint density at radius 2 is 2.25 bits per heavy atom. The Labute approximate surface area is 71.9 Å². The Morgan fingerprint density at radius 1 is 1.42 bits per heavy atom. The van der Waals surface area contributed by atoms with Crippen LogP contribution in [0.25, 0.3) is 0 Å². The van der Waals surface area contributed by atoms with Gasteiger partial charge in [-0.1, -0.05) is 19.8 Å². The van der Waals surface area contributed by atoms with E-state index in [9.17, 15) is 0 Å². The second-order valence-electron chi connectivity index (χ2n) is 2.73. The van der Waals surface area contributed by atoms with Gasteiger partial charge in [0.25, 0.3) is 0 Å². The quantitative estimate of drug-likeness (QED) is 0.644. The first-order chi connectivity index (χ1) is 5.88. The Morgan fingerprint density at radius 3 is 2.92 bits per heavy atom. The molecule has 0 fully saturated rings. The van der Waals surface area contributed by atoms with Crippen LogP contribution in [0.1, 0.15) is 32.0 Å². The summed E-state index contributed by atoms with van der Waals surface area (Å²) in [5, 5.41) is 11.2. The average molecular weight is 169 g/mol. The molecule has 0 aromatic carbocycles. The van der Waals surface area contributed by atoms with E-state index in [4.69, 9.17) is 5.73 Å². The number of rotatable bonds is 5. The Balaban J connectivity index is 2.39. The predicted molar refractivity (Wildman–Crippen MR) is 45.2 cm³/mol. The molecular formula is C7H15N5. The van der Waals surface area contributed by atoms with Gasteiger partial charge >= 0.3 is 0 Å². The molecule has 1 heterocycles. The van der Waals surface area contributed by atoms with Gasteiger partial charge in [-0.3, -0.25) is 0 Å². The van der Waals surface area contributed by atoms with Gasteiger partial charge in [0.05, 0.1) is 6.54 Å². The monoisotopic (exact) mass is 169 g/mol. The number of hydrogen-bond donors (Lipinski definition) is 1. The first-order valence-corrected chi connectivity index (χ1v) is 4.33. The van der Waals surface area contributed by atoms with Crippen LogP contribution in [0.3, 0.4) is 0 Å². The number of aryl methyl sites for hydroxylation is 1. The van der Waals surface area contributed by atoms with E-state index in [1.165, 1.54) is 12.8 Å². The number of unbranched alkanes of at least 4 members (excludes halogenated alkanes) is 2. The lowest BCUT2D eigenvalue weighted by Gasteiger charge is -2.00. The van der Waals surface area contributed by atoms with Gasteiger partial charge < -0.3 is 5.73 Å². The topological polar surface area (TPSA) is 69.6 Å². The molecule has 0 aliphatic carbocycles. The van der Waals surface area contributed by atoms with Crippen LogP contribution < -0.4 is 5.73 Å². The highest BCUT2D eigenvalue weighted by Crippen LogP contribution is 1.98. The average Bonchev–Trinajstić information content (AvgIpc) is 2.52. The van der Waals surface area contributed by atoms with Crippen molar-refractivity contribution in [3.05, 3.63) is 5.82 Å². The molecule has 0 atom stereocenters. The van der Waals surface area contributed by atoms with Gasteiger partial charge in [-0.05, 0) is 16.8 Å². The zero-order valence-electron chi connectivity index (χ0n) is 7.40. The molecule has 0 aliphatic rings. The standard InChI is InChI=1S/C7H15N5/c1-2-3-4-5-12-7(6-8)9-10-11-12/h2-6,8H2,1H3. The van der Waals surface area contributed by atoms with Gasteiger partial charge in [0.2, 0.25) is 0 Å². The van der Waals surface area contributed by atoms with Crippen LogP contribution in [0.2, 0.25) is 0 Å². The maximum absolute atomic E-state index is 5.44. The van der Waals surface area contributed by atoms with E-state index >= 15 is 0 Å². The summed E-state index contributed by atoms with van der Waals surface area (Å²) in [6, 6.07) is 0. The largest absolute Gasteiger partial charge is 0.324 e. The molecule has 0 bridgehead atoms. The summed E-state index contributed by atoms with van der Waals surface area (Å²) in [7, 11) is 0. The fraction of sp³-hybridized carbons (Fsp3) is 0.857. The van der Waals surface area contributed by atoms with E-state index in [0.29, 0.717) is 6.54 Å². The molecule has 0 aliphatic heterocycles. The molecule has 0 spiro atoms. The zero-order chi connectivity index (χ0) is 8.81. The van der Waals surface area contributed by atoms with Crippen molar-refractivity contribution in [1.82, 2.24) is 20.2 Å². The van der Waals surface area contributed by atoms with E-state index in [-0.39, 0.29) is 0 Å². The second kappa shape index (κ2) is 4.82. The van der Waals surface area contributed by atoms with Crippen LogP contribution >= 0.6 is 0 Å². The molecule has 5 heteroatoms. The summed E-state index contributed by atoms with van der Waals surface area (Å²) in [4.78, 5) is 0. The fourth-order valence-corrected chi connectivity index (χ4v) is 1.05. The highest BCUT2D eigenvalue weighted by Gasteiger charge is 2.01. The van der Waals surface area contributed by atoms with Gasteiger partial charge in [-0.15, -0.1) is 5.10 Å². The minimum atomic E-state index is 0.416. The van der Waals surface area contributed by atoms with Crippen molar-refractivity contribution in [2.75, 3.05) is 0 Å². The first kappa shape index (κ1) is 9.12.